The van der Waals surface area contributed by atoms with Gasteiger partial charge in [0, 0.05) is 36.8 Å². The average Bonchev–Trinajstić information content (AvgIpc) is 3.39. The molecule has 8 rings (SSSR count). The summed E-state index contributed by atoms with van der Waals surface area (Å²) in [7, 11) is 2.14. The monoisotopic (exact) mass is 710 g/mol. The number of aliphatic imine (C=N–C) groups is 1. The number of fused-ring (bicyclic) bond motifs is 7. The zero-order valence-corrected chi connectivity index (χ0v) is 31.9. The third-order valence-electron chi connectivity index (χ3n) is 14.1. The SMILES string of the molecule is C=C(C)C1CCC2C3CC=C4CC(OC(C)OC(=O)N5c6ccc(Cl)cc6N=C(N6CCN(C)CC6)c6ccccc65)CCC4(C)C3CCC12C. The van der Waals surface area contributed by atoms with E-state index in [2.05, 4.69) is 50.3 Å². The highest BCUT2D eigenvalue weighted by Gasteiger charge is 2.58. The summed E-state index contributed by atoms with van der Waals surface area (Å²) in [6.45, 7) is 17.2. The lowest BCUT2D eigenvalue weighted by Crippen LogP contribution is -2.50. The summed E-state index contributed by atoms with van der Waals surface area (Å²) < 4.78 is 12.7. The Bertz CT molecular complexity index is 1760. The first-order valence-electron chi connectivity index (χ1n) is 19.4. The van der Waals surface area contributed by atoms with Gasteiger partial charge in [0.15, 0.2) is 0 Å². The molecule has 272 valence electrons. The van der Waals surface area contributed by atoms with Gasteiger partial charge in [-0.25, -0.2) is 14.7 Å². The average molecular weight is 711 g/mol. The van der Waals surface area contributed by atoms with Gasteiger partial charge in [-0.15, -0.1) is 0 Å². The van der Waals surface area contributed by atoms with E-state index < -0.39 is 12.4 Å². The number of likely N-dealkylation sites (N-methyl/N-ethyl adjacent to an activating group) is 1. The molecule has 2 aromatic carbocycles. The number of carbonyl (C=O) groups excluding carboxylic acids is 1. The highest BCUT2D eigenvalue weighted by molar-refractivity contribution is 6.31. The number of amidine groups is 1. The number of anilines is 2. The van der Waals surface area contributed by atoms with Gasteiger partial charge in [-0.2, -0.15) is 0 Å². The number of piperazine rings is 1. The van der Waals surface area contributed by atoms with Crippen molar-refractivity contribution in [1.29, 1.82) is 0 Å². The first-order chi connectivity index (χ1) is 24.5. The van der Waals surface area contributed by atoms with Crippen LogP contribution >= 0.6 is 11.6 Å². The minimum atomic E-state index is -0.707. The van der Waals surface area contributed by atoms with Gasteiger partial charge in [-0.1, -0.05) is 61.4 Å². The Kier molecular flexibility index (Phi) is 9.16. The minimum absolute atomic E-state index is 0.0199. The van der Waals surface area contributed by atoms with Gasteiger partial charge >= 0.3 is 6.09 Å². The molecule has 7 nitrogen and oxygen atoms in total. The van der Waals surface area contributed by atoms with E-state index in [0.29, 0.717) is 27.7 Å². The number of amides is 1. The van der Waals surface area contributed by atoms with E-state index in [1.807, 2.05) is 43.3 Å². The van der Waals surface area contributed by atoms with Crippen molar-refractivity contribution < 1.29 is 14.3 Å². The van der Waals surface area contributed by atoms with Crippen LogP contribution in [-0.2, 0) is 9.47 Å². The van der Waals surface area contributed by atoms with E-state index in [0.717, 1.165) is 80.3 Å². The van der Waals surface area contributed by atoms with Crippen LogP contribution in [0.1, 0.15) is 84.6 Å². The third kappa shape index (κ3) is 6.05. The second-order valence-electron chi connectivity index (χ2n) is 16.9. The van der Waals surface area contributed by atoms with Crippen LogP contribution in [-0.4, -0.2) is 67.3 Å². The fourth-order valence-corrected chi connectivity index (χ4v) is 11.6. The highest BCUT2D eigenvalue weighted by atomic mass is 35.5. The van der Waals surface area contributed by atoms with Crippen molar-refractivity contribution in [2.75, 3.05) is 38.1 Å². The Balaban J connectivity index is 0.983. The maximum Gasteiger partial charge on any atom is 0.421 e. The van der Waals surface area contributed by atoms with Crippen LogP contribution < -0.4 is 4.90 Å². The summed E-state index contributed by atoms with van der Waals surface area (Å²) in [6.07, 6.45) is 10.9. The molecule has 2 heterocycles. The van der Waals surface area contributed by atoms with Crippen LogP contribution in [0.3, 0.4) is 0 Å². The Labute approximate surface area is 309 Å². The molecule has 4 fully saturated rings. The third-order valence-corrected chi connectivity index (χ3v) is 14.3. The fraction of sp³-hybridized carbons (Fsp3) is 0.581. The standard InChI is InChI=1S/C43H55ClN4O3/c1-27(2)34-14-15-35-32-13-11-29-25-31(17-19-42(29,4)36(32)18-20-43(34,35)5)50-28(3)51-41(49)48-38-10-8-7-9-33(38)40(47-23-21-46(6)22-24-47)45-37-26-30(44)12-16-39(37)48/h7-12,16,26,28,31-32,34-36H,1,13-15,17-25H2,2-6H3. The van der Waals surface area contributed by atoms with Gasteiger partial charge in [-0.05, 0) is 137 Å². The number of ether oxygens (including phenoxy) is 2. The summed E-state index contributed by atoms with van der Waals surface area (Å²) in [5.41, 5.74) is 6.51. The zero-order valence-electron chi connectivity index (χ0n) is 31.2. The smallest absolute Gasteiger partial charge is 0.419 e. The van der Waals surface area contributed by atoms with E-state index in [-0.39, 0.29) is 11.5 Å². The molecule has 0 N–H and O–H groups in total. The topological polar surface area (TPSA) is 57.6 Å². The van der Waals surface area contributed by atoms with Crippen molar-refractivity contribution in [1.82, 2.24) is 9.80 Å². The van der Waals surface area contributed by atoms with Crippen molar-refractivity contribution in [3.8, 4) is 0 Å². The predicted molar refractivity (Wildman–Crippen MR) is 206 cm³/mol. The predicted octanol–water partition coefficient (Wildman–Crippen LogP) is 10.1. The molecule has 0 aromatic heterocycles. The zero-order chi connectivity index (χ0) is 35.7. The van der Waals surface area contributed by atoms with Crippen LogP contribution in [0.5, 0.6) is 0 Å². The Morgan fingerprint density at radius 3 is 2.57 bits per heavy atom. The quantitative estimate of drug-likeness (QED) is 0.234. The lowest BCUT2D eigenvalue weighted by atomic mass is 9.47. The van der Waals surface area contributed by atoms with Crippen LogP contribution in [0.4, 0.5) is 21.9 Å². The number of hydrogen-bond acceptors (Lipinski definition) is 6. The van der Waals surface area contributed by atoms with Crippen molar-refractivity contribution in [2.24, 2.45) is 39.5 Å². The minimum Gasteiger partial charge on any atom is -0.419 e. The normalized spacial score (nSPS) is 33.7. The Hall–Kier alpha value is -3.13. The number of para-hydroxylation sites is 1. The largest absolute Gasteiger partial charge is 0.421 e. The molecule has 0 spiro atoms. The van der Waals surface area contributed by atoms with E-state index in [4.69, 9.17) is 26.1 Å². The number of hydrogen-bond donors (Lipinski definition) is 0. The van der Waals surface area contributed by atoms with Crippen molar-refractivity contribution in [2.45, 2.75) is 91.5 Å². The van der Waals surface area contributed by atoms with Gasteiger partial charge in [0.1, 0.15) is 5.84 Å². The summed E-state index contributed by atoms with van der Waals surface area (Å²) >= 11 is 6.50. The van der Waals surface area contributed by atoms with E-state index in [9.17, 15) is 4.79 Å². The molecule has 0 radical (unpaired) electrons. The van der Waals surface area contributed by atoms with Gasteiger partial charge < -0.3 is 19.3 Å². The number of benzene rings is 2. The van der Waals surface area contributed by atoms with Crippen molar-refractivity contribution in [3.05, 3.63) is 76.9 Å². The lowest BCUT2D eigenvalue weighted by Gasteiger charge is -2.58. The number of halogens is 1. The highest BCUT2D eigenvalue weighted by Crippen LogP contribution is 2.67. The van der Waals surface area contributed by atoms with Gasteiger partial charge in [-0.3, -0.25) is 0 Å². The van der Waals surface area contributed by atoms with E-state index >= 15 is 0 Å². The first kappa shape index (κ1) is 34.9. The second kappa shape index (κ2) is 13.4. The molecule has 2 aromatic rings. The van der Waals surface area contributed by atoms with Crippen molar-refractivity contribution in [3.63, 3.8) is 0 Å². The second-order valence-corrected chi connectivity index (χ2v) is 17.4. The maximum atomic E-state index is 14.3. The molecule has 8 unspecified atom stereocenters. The molecular weight excluding hydrogens is 656 g/mol. The molecular formula is C43H55ClN4O3. The molecule has 1 saturated heterocycles. The van der Waals surface area contributed by atoms with Crippen LogP contribution in [0.2, 0.25) is 5.02 Å². The lowest BCUT2D eigenvalue weighted by molar-refractivity contribution is -0.138. The molecule has 2 aliphatic heterocycles. The molecule has 8 heteroatoms. The molecule has 0 bridgehead atoms. The van der Waals surface area contributed by atoms with Gasteiger partial charge in [0.05, 0.1) is 23.2 Å². The molecule has 6 aliphatic rings. The molecule has 8 atom stereocenters. The first-order valence-corrected chi connectivity index (χ1v) is 19.8. The number of nitrogens with zero attached hydrogens (tertiary/aromatic N) is 4. The number of rotatable bonds is 4. The summed E-state index contributed by atoms with van der Waals surface area (Å²) in [5, 5.41) is 0.570. The maximum absolute atomic E-state index is 14.3. The Morgan fingerprint density at radius 2 is 1.78 bits per heavy atom. The molecule has 51 heavy (non-hydrogen) atoms. The van der Waals surface area contributed by atoms with Gasteiger partial charge in [0.2, 0.25) is 6.29 Å². The van der Waals surface area contributed by atoms with E-state index in [1.165, 1.54) is 37.7 Å². The molecule has 1 amide bonds. The fourth-order valence-electron chi connectivity index (χ4n) is 11.4. The van der Waals surface area contributed by atoms with Crippen molar-refractivity contribution >= 4 is 40.6 Å². The summed E-state index contributed by atoms with van der Waals surface area (Å²) in [5.74, 6) is 3.84. The van der Waals surface area contributed by atoms with Crippen LogP contribution in [0, 0.1) is 34.5 Å². The molecule has 3 saturated carbocycles. The Morgan fingerprint density at radius 1 is 1.00 bits per heavy atom. The van der Waals surface area contributed by atoms with Gasteiger partial charge in [0.25, 0.3) is 0 Å². The summed E-state index contributed by atoms with van der Waals surface area (Å²) in [6, 6.07) is 13.5. The van der Waals surface area contributed by atoms with Crippen LogP contribution in [0.25, 0.3) is 0 Å². The molecule has 4 aliphatic carbocycles. The van der Waals surface area contributed by atoms with Crippen LogP contribution in [0.15, 0.2) is 71.3 Å². The number of carbonyl (C=O) groups is 1. The van der Waals surface area contributed by atoms with E-state index in [1.54, 1.807) is 16.5 Å². The summed E-state index contributed by atoms with van der Waals surface area (Å²) in [4.78, 5) is 25.7. The number of allylic oxidation sites excluding steroid dienone is 2.